The van der Waals surface area contributed by atoms with Crippen molar-refractivity contribution >= 4 is 11.3 Å². The van der Waals surface area contributed by atoms with E-state index in [2.05, 4.69) is 20.5 Å². The molecule has 0 atom stereocenters. The lowest BCUT2D eigenvalue weighted by atomic mass is 10.0. The maximum Gasteiger partial charge on any atom is 0.0797 e. The number of fused-ring (bicyclic) bond motifs is 2. The molecule has 2 aromatic rings. The van der Waals surface area contributed by atoms with Gasteiger partial charge in [0.05, 0.1) is 17.4 Å². The third-order valence-corrected chi connectivity index (χ3v) is 4.40. The minimum Gasteiger partial charge on any atom is -0.312 e. The lowest BCUT2D eigenvalue weighted by Crippen LogP contribution is -2.22. The Kier molecular flexibility index (Phi) is 3.71. The smallest absolute Gasteiger partial charge is 0.0797 e. The second-order valence-corrected chi connectivity index (χ2v) is 5.67. The van der Waals surface area contributed by atoms with Crippen molar-refractivity contribution in [2.45, 2.75) is 38.6 Å². The molecule has 0 unspecified atom stereocenters. The van der Waals surface area contributed by atoms with Gasteiger partial charge >= 0.3 is 0 Å². The zero-order valence-corrected chi connectivity index (χ0v) is 11.2. The number of nitrogens with zero attached hydrogens (tertiary/aromatic N) is 2. The molecule has 3 heterocycles. The maximum atomic E-state index is 4.28. The lowest BCUT2D eigenvalue weighted by Gasteiger charge is -2.10. The predicted molar refractivity (Wildman–Crippen MR) is 72.8 cm³/mol. The van der Waals surface area contributed by atoms with Gasteiger partial charge < -0.3 is 5.32 Å². The molecule has 18 heavy (non-hydrogen) atoms. The Hall–Kier alpha value is -1.20. The molecule has 1 aliphatic heterocycles. The van der Waals surface area contributed by atoms with Gasteiger partial charge in [-0.2, -0.15) is 5.10 Å². The van der Waals surface area contributed by atoms with Gasteiger partial charge in [0.2, 0.25) is 0 Å². The van der Waals surface area contributed by atoms with Crippen LogP contribution in [0.3, 0.4) is 0 Å². The Morgan fingerprint density at radius 2 is 2.11 bits per heavy atom. The van der Waals surface area contributed by atoms with Gasteiger partial charge in [-0.05, 0) is 25.7 Å². The van der Waals surface area contributed by atoms with Crippen LogP contribution in [0, 0.1) is 0 Å². The van der Waals surface area contributed by atoms with Gasteiger partial charge in [-0.15, -0.1) is 11.3 Å². The summed E-state index contributed by atoms with van der Waals surface area (Å²) in [4.78, 5) is 5.80. The Labute approximate surface area is 111 Å². The first kappa shape index (κ1) is 11.9. The third-order valence-electron chi connectivity index (χ3n) is 3.47. The molecule has 0 saturated heterocycles. The van der Waals surface area contributed by atoms with Crippen LogP contribution in [0.2, 0.25) is 0 Å². The molecule has 0 radical (unpaired) electrons. The van der Waals surface area contributed by atoms with E-state index >= 15 is 0 Å². The van der Waals surface area contributed by atoms with Crippen molar-refractivity contribution in [1.82, 2.24) is 20.5 Å². The van der Waals surface area contributed by atoms with Crippen molar-refractivity contribution < 1.29 is 0 Å². The number of nitrogens with one attached hydrogen (secondary N) is 2. The maximum absolute atomic E-state index is 4.28. The number of thiazole rings is 1. The van der Waals surface area contributed by atoms with Gasteiger partial charge in [0, 0.05) is 35.6 Å². The molecule has 2 N–H and O–H groups in total. The molecule has 2 aliphatic rings. The Balaban J connectivity index is 0.000000111. The fourth-order valence-electron chi connectivity index (χ4n) is 2.42. The Morgan fingerprint density at radius 3 is 3.00 bits per heavy atom. The van der Waals surface area contributed by atoms with Crippen molar-refractivity contribution in [3.63, 3.8) is 0 Å². The number of aryl methyl sites for hydroxylation is 2. The highest BCUT2D eigenvalue weighted by atomic mass is 32.1. The van der Waals surface area contributed by atoms with Crippen molar-refractivity contribution in [1.29, 1.82) is 0 Å². The minimum atomic E-state index is 0.978. The molecular weight excluding hydrogens is 244 g/mol. The summed E-state index contributed by atoms with van der Waals surface area (Å²) in [5.74, 6) is 0. The number of aromatic nitrogens is 3. The van der Waals surface area contributed by atoms with E-state index in [9.17, 15) is 0 Å². The standard InChI is InChI=1S/C7H9NS.C6H9N3/c1-2-4-7-6(3-1)8-5-9-7;1-2-7-3-5-4-8-9-6(1)5/h5H,1-4H2;4,7H,1-3H2,(H,8,9). The first-order valence-electron chi connectivity index (χ1n) is 6.56. The van der Waals surface area contributed by atoms with Gasteiger partial charge in [-0.3, -0.25) is 5.10 Å². The average Bonchev–Trinajstić information content (AvgIpc) is 3.08. The summed E-state index contributed by atoms with van der Waals surface area (Å²) in [6.07, 6.45) is 8.20. The summed E-state index contributed by atoms with van der Waals surface area (Å²) in [5, 5.41) is 10.2. The number of aromatic amines is 1. The van der Waals surface area contributed by atoms with Crippen LogP contribution in [-0.4, -0.2) is 21.7 Å². The average molecular weight is 262 g/mol. The summed E-state index contributed by atoms with van der Waals surface area (Å²) in [5.41, 5.74) is 5.96. The van der Waals surface area contributed by atoms with Crippen LogP contribution in [0.5, 0.6) is 0 Å². The van der Waals surface area contributed by atoms with Crippen molar-refractivity contribution in [3.05, 3.63) is 33.5 Å². The molecule has 5 heteroatoms. The lowest BCUT2D eigenvalue weighted by molar-refractivity contribution is 0.637. The Bertz CT molecular complexity index is 415. The van der Waals surface area contributed by atoms with Crippen LogP contribution in [0.15, 0.2) is 11.7 Å². The largest absolute Gasteiger partial charge is 0.312 e. The zero-order valence-electron chi connectivity index (χ0n) is 10.4. The number of rotatable bonds is 0. The van der Waals surface area contributed by atoms with Gasteiger partial charge in [0.1, 0.15) is 0 Å². The molecule has 0 fully saturated rings. The molecule has 1 aliphatic carbocycles. The van der Waals surface area contributed by atoms with Gasteiger partial charge in [-0.1, -0.05) is 0 Å². The van der Waals surface area contributed by atoms with E-state index in [4.69, 9.17) is 0 Å². The minimum absolute atomic E-state index is 0.978. The second kappa shape index (κ2) is 5.63. The van der Waals surface area contributed by atoms with E-state index in [-0.39, 0.29) is 0 Å². The number of H-pyrrole nitrogens is 1. The first-order valence-corrected chi connectivity index (χ1v) is 7.44. The molecule has 0 bridgehead atoms. The molecule has 4 nitrogen and oxygen atoms in total. The van der Waals surface area contributed by atoms with E-state index in [0.717, 1.165) is 19.5 Å². The van der Waals surface area contributed by atoms with Crippen LogP contribution in [-0.2, 0) is 25.8 Å². The Morgan fingerprint density at radius 1 is 1.17 bits per heavy atom. The zero-order chi connectivity index (χ0) is 12.2. The number of hydrogen-bond donors (Lipinski definition) is 2. The normalized spacial score (nSPS) is 17.3. The van der Waals surface area contributed by atoms with Crippen LogP contribution in [0.4, 0.5) is 0 Å². The van der Waals surface area contributed by atoms with Crippen molar-refractivity contribution in [2.75, 3.05) is 6.54 Å². The van der Waals surface area contributed by atoms with E-state index in [1.807, 2.05) is 23.0 Å². The van der Waals surface area contributed by atoms with Gasteiger partial charge in [0.25, 0.3) is 0 Å². The SMILES string of the molecule is c1n[nH]c2c1CNCC2.c1nc2c(s1)CCCC2. The van der Waals surface area contributed by atoms with Crippen molar-refractivity contribution in [2.24, 2.45) is 0 Å². The third kappa shape index (κ3) is 2.62. The quantitative estimate of drug-likeness (QED) is 0.764. The van der Waals surface area contributed by atoms with Crippen LogP contribution < -0.4 is 5.32 Å². The highest BCUT2D eigenvalue weighted by Crippen LogP contribution is 2.22. The van der Waals surface area contributed by atoms with Gasteiger partial charge in [0.15, 0.2) is 0 Å². The molecule has 0 saturated carbocycles. The monoisotopic (exact) mass is 262 g/mol. The van der Waals surface area contributed by atoms with Crippen molar-refractivity contribution in [3.8, 4) is 0 Å². The predicted octanol–water partition coefficient (Wildman–Crippen LogP) is 2.08. The van der Waals surface area contributed by atoms with E-state index in [1.165, 1.54) is 47.5 Å². The van der Waals surface area contributed by atoms with E-state index in [1.54, 1.807) is 0 Å². The van der Waals surface area contributed by atoms with E-state index < -0.39 is 0 Å². The molecule has 0 aromatic carbocycles. The summed E-state index contributed by atoms with van der Waals surface area (Å²) in [6.45, 7) is 2.06. The fourth-order valence-corrected chi connectivity index (χ4v) is 3.28. The molecule has 4 rings (SSSR count). The molecule has 0 amide bonds. The first-order chi connectivity index (χ1) is 8.93. The van der Waals surface area contributed by atoms with Gasteiger partial charge in [-0.25, -0.2) is 4.98 Å². The van der Waals surface area contributed by atoms with E-state index in [0.29, 0.717) is 0 Å². The van der Waals surface area contributed by atoms with Crippen LogP contribution >= 0.6 is 11.3 Å². The summed E-state index contributed by atoms with van der Waals surface area (Å²) in [7, 11) is 0. The number of hydrogen-bond acceptors (Lipinski definition) is 4. The van der Waals surface area contributed by atoms with Crippen LogP contribution in [0.1, 0.15) is 34.7 Å². The molecule has 2 aromatic heterocycles. The molecule has 0 spiro atoms. The second-order valence-electron chi connectivity index (χ2n) is 4.73. The highest BCUT2D eigenvalue weighted by Gasteiger charge is 2.10. The van der Waals surface area contributed by atoms with Crippen LogP contribution in [0.25, 0.3) is 0 Å². The summed E-state index contributed by atoms with van der Waals surface area (Å²) >= 11 is 1.81. The highest BCUT2D eigenvalue weighted by molar-refractivity contribution is 7.09. The molecular formula is C13H18N4S. The topological polar surface area (TPSA) is 53.6 Å². The summed E-state index contributed by atoms with van der Waals surface area (Å²) in [6, 6.07) is 0. The fraction of sp³-hybridized carbons (Fsp3) is 0.538. The molecule has 96 valence electrons. The summed E-state index contributed by atoms with van der Waals surface area (Å²) < 4.78 is 0.